The standard InChI is InChI=1S/C22H18BrClN2O4/c1-12-4-3-5-15(13-6-7-13)20(12)30-21-18(11-19(24)25-26-21)29-22(27)16-10-14(28-2)8-9-17(16)23/h3-5,8-11,13H,6-7H2,1-2H3. The van der Waals surface area contributed by atoms with Crippen molar-refractivity contribution in [2.75, 3.05) is 7.11 Å². The lowest BCUT2D eigenvalue weighted by molar-refractivity contribution is 0.0727. The molecule has 0 spiro atoms. The van der Waals surface area contributed by atoms with Gasteiger partial charge in [-0.05, 0) is 70.9 Å². The van der Waals surface area contributed by atoms with Crippen LogP contribution >= 0.6 is 27.5 Å². The summed E-state index contributed by atoms with van der Waals surface area (Å²) in [5, 5.41) is 7.96. The maximum atomic E-state index is 12.8. The fourth-order valence-corrected chi connectivity index (χ4v) is 3.60. The highest BCUT2D eigenvalue weighted by Gasteiger charge is 2.28. The monoisotopic (exact) mass is 488 g/mol. The number of hydrogen-bond donors (Lipinski definition) is 0. The van der Waals surface area contributed by atoms with Crippen LogP contribution < -0.4 is 14.2 Å². The van der Waals surface area contributed by atoms with Crippen LogP contribution in [0.2, 0.25) is 5.15 Å². The Morgan fingerprint density at radius 1 is 1.17 bits per heavy atom. The Hall–Kier alpha value is -2.64. The zero-order valence-corrected chi connectivity index (χ0v) is 18.7. The molecule has 0 bridgehead atoms. The van der Waals surface area contributed by atoms with Crippen molar-refractivity contribution in [3.8, 4) is 23.1 Å². The number of halogens is 2. The molecule has 0 atom stereocenters. The highest BCUT2D eigenvalue weighted by molar-refractivity contribution is 9.10. The molecule has 1 fully saturated rings. The largest absolute Gasteiger partial charge is 0.497 e. The quantitative estimate of drug-likeness (QED) is 0.390. The molecule has 0 N–H and O–H groups in total. The second kappa shape index (κ2) is 8.62. The van der Waals surface area contributed by atoms with Gasteiger partial charge in [-0.1, -0.05) is 29.8 Å². The van der Waals surface area contributed by atoms with Crippen molar-refractivity contribution in [1.29, 1.82) is 0 Å². The van der Waals surface area contributed by atoms with Crippen LogP contribution in [0.5, 0.6) is 23.1 Å². The Labute approximate surface area is 187 Å². The number of hydrogen-bond acceptors (Lipinski definition) is 6. The lowest BCUT2D eigenvalue weighted by Gasteiger charge is -2.15. The SMILES string of the molecule is COc1ccc(Br)c(C(=O)Oc2cc(Cl)nnc2Oc2c(C)cccc2C2CC2)c1. The summed E-state index contributed by atoms with van der Waals surface area (Å²) in [6, 6.07) is 12.4. The topological polar surface area (TPSA) is 70.5 Å². The second-order valence-corrected chi connectivity index (χ2v) is 8.18. The van der Waals surface area contributed by atoms with Crippen molar-refractivity contribution in [2.45, 2.75) is 25.7 Å². The van der Waals surface area contributed by atoms with Crippen LogP contribution in [-0.2, 0) is 0 Å². The Morgan fingerprint density at radius 2 is 1.97 bits per heavy atom. The summed E-state index contributed by atoms with van der Waals surface area (Å²) >= 11 is 9.36. The maximum absolute atomic E-state index is 12.8. The van der Waals surface area contributed by atoms with Gasteiger partial charge in [0.05, 0.1) is 12.7 Å². The van der Waals surface area contributed by atoms with Gasteiger partial charge in [0.2, 0.25) is 0 Å². The van der Waals surface area contributed by atoms with Crippen LogP contribution in [0.1, 0.15) is 40.2 Å². The molecule has 0 unspecified atom stereocenters. The van der Waals surface area contributed by atoms with Crippen molar-refractivity contribution >= 4 is 33.5 Å². The van der Waals surface area contributed by atoms with E-state index in [0.717, 1.165) is 24.0 Å². The van der Waals surface area contributed by atoms with Crippen molar-refractivity contribution < 1.29 is 19.0 Å². The molecule has 154 valence electrons. The molecular formula is C22H18BrClN2O4. The third kappa shape index (κ3) is 4.42. The molecular weight excluding hydrogens is 472 g/mol. The average molecular weight is 490 g/mol. The van der Waals surface area contributed by atoms with E-state index < -0.39 is 5.97 Å². The number of aryl methyl sites for hydroxylation is 1. The smallest absolute Gasteiger partial charge is 0.345 e. The van der Waals surface area contributed by atoms with E-state index in [4.69, 9.17) is 25.8 Å². The molecule has 0 saturated heterocycles. The van der Waals surface area contributed by atoms with Crippen LogP contribution in [0.4, 0.5) is 0 Å². The normalized spacial score (nSPS) is 13.1. The molecule has 0 radical (unpaired) electrons. The first-order chi connectivity index (χ1) is 14.5. The second-order valence-electron chi connectivity index (χ2n) is 6.94. The average Bonchev–Trinajstić information content (AvgIpc) is 3.56. The number of para-hydroxylation sites is 1. The van der Waals surface area contributed by atoms with Crippen LogP contribution in [0.25, 0.3) is 0 Å². The van der Waals surface area contributed by atoms with E-state index in [0.29, 0.717) is 27.5 Å². The van der Waals surface area contributed by atoms with Gasteiger partial charge in [0, 0.05) is 10.5 Å². The number of rotatable bonds is 6. The van der Waals surface area contributed by atoms with E-state index in [1.54, 1.807) is 18.2 Å². The Morgan fingerprint density at radius 3 is 2.70 bits per heavy atom. The lowest BCUT2D eigenvalue weighted by atomic mass is 10.1. The first-order valence-electron chi connectivity index (χ1n) is 9.32. The van der Waals surface area contributed by atoms with Gasteiger partial charge in [0.15, 0.2) is 10.9 Å². The minimum absolute atomic E-state index is 0.0722. The molecule has 4 rings (SSSR count). The minimum atomic E-state index is -0.609. The Balaban J connectivity index is 1.66. The first-order valence-corrected chi connectivity index (χ1v) is 10.5. The highest BCUT2D eigenvalue weighted by atomic mass is 79.9. The Bertz CT molecular complexity index is 1120. The molecule has 1 heterocycles. The predicted molar refractivity (Wildman–Crippen MR) is 116 cm³/mol. The van der Waals surface area contributed by atoms with E-state index >= 15 is 0 Å². The van der Waals surface area contributed by atoms with Gasteiger partial charge < -0.3 is 14.2 Å². The summed E-state index contributed by atoms with van der Waals surface area (Å²) in [5.74, 6) is 1.25. The van der Waals surface area contributed by atoms with Gasteiger partial charge in [-0.2, -0.15) is 0 Å². The third-order valence-electron chi connectivity index (χ3n) is 4.75. The number of carbonyl (C=O) groups is 1. The summed E-state index contributed by atoms with van der Waals surface area (Å²) in [4.78, 5) is 12.8. The molecule has 1 aromatic heterocycles. The molecule has 30 heavy (non-hydrogen) atoms. The molecule has 3 aromatic rings. The van der Waals surface area contributed by atoms with E-state index in [1.165, 1.54) is 13.2 Å². The molecule has 0 aliphatic heterocycles. The van der Waals surface area contributed by atoms with E-state index in [2.05, 4.69) is 26.1 Å². The summed E-state index contributed by atoms with van der Waals surface area (Å²) in [7, 11) is 1.52. The molecule has 2 aromatic carbocycles. The van der Waals surface area contributed by atoms with Crippen molar-refractivity contribution in [3.63, 3.8) is 0 Å². The molecule has 1 saturated carbocycles. The summed E-state index contributed by atoms with van der Waals surface area (Å²) in [5.41, 5.74) is 2.37. The molecule has 8 heteroatoms. The molecule has 6 nitrogen and oxygen atoms in total. The number of aromatic nitrogens is 2. The number of benzene rings is 2. The van der Waals surface area contributed by atoms with Crippen LogP contribution in [-0.4, -0.2) is 23.3 Å². The van der Waals surface area contributed by atoms with E-state index in [9.17, 15) is 4.79 Å². The third-order valence-corrected chi connectivity index (χ3v) is 5.63. The first kappa shape index (κ1) is 20.6. The molecule has 1 aliphatic rings. The lowest BCUT2D eigenvalue weighted by Crippen LogP contribution is -2.11. The Kier molecular flexibility index (Phi) is 5.92. The maximum Gasteiger partial charge on any atom is 0.345 e. The molecule has 1 aliphatic carbocycles. The number of methoxy groups -OCH3 is 1. The van der Waals surface area contributed by atoms with Crippen molar-refractivity contribution in [1.82, 2.24) is 10.2 Å². The number of nitrogens with zero attached hydrogens (tertiary/aromatic N) is 2. The summed E-state index contributed by atoms with van der Waals surface area (Å²) < 4.78 is 17.4. The van der Waals surface area contributed by atoms with Gasteiger partial charge in [-0.25, -0.2) is 4.79 Å². The van der Waals surface area contributed by atoms with E-state index in [1.807, 2.05) is 25.1 Å². The highest BCUT2D eigenvalue weighted by Crippen LogP contribution is 2.47. The van der Waals surface area contributed by atoms with Gasteiger partial charge in [-0.15, -0.1) is 10.2 Å². The number of esters is 1. The van der Waals surface area contributed by atoms with Gasteiger partial charge in [-0.3, -0.25) is 0 Å². The summed E-state index contributed by atoms with van der Waals surface area (Å²) in [6.45, 7) is 1.96. The zero-order chi connectivity index (χ0) is 21.3. The fourth-order valence-electron chi connectivity index (χ4n) is 3.05. The van der Waals surface area contributed by atoms with Gasteiger partial charge >= 0.3 is 5.97 Å². The van der Waals surface area contributed by atoms with Crippen LogP contribution in [0.15, 0.2) is 46.9 Å². The summed E-state index contributed by atoms with van der Waals surface area (Å²) in [6.07, 6.45) is 2.25. The number of carbonyl (C=O) groups excluding carboxylic acids is 1. The minimum Gasteiger partial charge on any atom is -0.497 e. The van der Waals surface area contributed by atoms with Crippen molar-refractivity contribution in [2.24, 2.45) is 0 Å². The van der Waals surface area contributed by atoms with Crippen LogP contribution in [0.3, 0.4) is 0 Å². The fraction of sp³-hybridized carbons (Fsp3) is 0.227. The predicted octanol–water partition coefficient (Wildman–Crippen LogP) is 6.10. The van der Waals surface area contributed by atoms with Crippen molar-refractivity contribution in [3.05, 3.63) is 68.8 Å². The van der Waals surface area contributed by atoms with Gasteiger partial charge in [0.25, 0.3) is 5.88 Å². The van der Waals surface area contributed by atoms with Crippen LogP contribution in [0, 0.1) is 6.92 Å². The molecule has 0 amide bonds. The van der Waals surface area contributed by atoms with E-state index in [-0.39, 0.29) is 16.8 Å². The zero-order valence-electron chi connectivity index (χ0n) is 16.3. The van der Waals surface area contributed by atoms with Gasteiger partial charge in [0.1, 0.15) is 11.5 Å². The number of ether oxygens (including phenoxy) is 3.